The van der Waals surface area contributed by atoms with Gasteiger partial charge in [-0.3, -0.25) is 0 Å². The van der Waals surface area contributed by atoms with Crippen LogP contribution in [-0.4, -0.2) is 6.73 Å². The highest BCUT2D eigenvalue weighted by atomic mass is 16.5. The lowest BCUT2D eigenvalue weighted by molar-refractivity contribution is 0.327. The number of para-hydroxylation sites is 2. The molecule has 1 heterocycles. The van der Waals surface area contributed by atoms with E-state index in [1.807, 2.05) is 6.07 Å². The van der Waals surface area contributed by atoms with Crippen molar-refractivity contribution in [2.45, 2.75) is 25.3 Å². The molecule has 1 unspecified atom stereocenters. The Kier molecular flexibility index (Phi) is 2.47. The first-order chi connectivity index (χ1) is 9.43. The molecule has 0 radical (unpaired) electrons. The van der Waals surface area contributed by atoms with Crippen LogP contribution >= 0.6 is 0 Å². The second kappa shape index (κ2) is 4.30. The molecule has 1 aliphatic carbocycles. The van der Waals surface area contributed by atoms with E-state index < -0.39 is 0 Å². The van der Waals surface area contributed by atoms with Crippen molar-refractivity contribution in [3.63, 3.8) is 0 Å². The van der Waals surface area contributed by atoms with Crippen LogP contribution in [0.4, 0.5) is 5.69 Å². The number of hydrogen-bond acceptors (Lipinski definition) is 2. The Morgan fingerprint density at radius 1 is 1.00 bits per heavy atom. The zero-order chi connectivity index (χ0) is 12.7. The third-order valence-electron chi connectivity index (χ3n) is 4.25. The number of ether oxygens (including phenoxy) is 1. The molecule has 1 atom stereocenters. The summed E-state index contributed by atoms with van der Waals surface area (Å²) >= 11 is 0. The number of nitrogens with zero attached hydrogens (tertiary/aromatic N) is 1. The van der Waals surface area contributed by atoms with Crippen LogP contribution in [0.1, 0.15) is 30.0 Å². The van der Waals surface area contributed by atoms with E-state index in [1.54, 1.807) is 0 Å². The van der Waals surface area contributed by atoms with E-state index in [1.165, 1.54) is 36.1 Å². The number of benzene rings is 2. The van der Waals surface area contributed by atoms with E-state index in [4.69, 9.17) is 4.74 Å². The van der Waals surface area contributed by atoms with Gasteiger partial charge in [-0.15, -0.1) is 0 Å². The minimum absolute atomic E-state index is 0.466. The summed E-state index contributed by atoms with van der Waals surface area (Å²) < 4.78 is 5.81. The summed E-state index contributed by atoms with van der Waals surface area (Å²) in [6.07, 6.45) is 3.69. The molecule has 2 nitrogen and oxygen atoms in total. The van der Waals surface area contributed by atoms with Gasteiger partial charge in [-0.05, 0) is 42.5 Å². The fourth-order valence-corrected chi connectivity index (χ4v) is 3.34. The summed E-state index contributed by atoms with van der Waals surface area (Å²) in [5.41, 5.74) is 4.22. The van der Waals surface area contributed by atoms with E-state index in [-0.39, 0.29) is 0 Å². The Morgan fingerprint density at radius 2 is 1.84 bits per heavy atom. The summed E-state index contributed by atoms with van der Waals surface area (Å²) in [5.74, 6) is 1.02. The van der Waals surface area contributed by atoms with Gasteiger partial charge in [-0.2, -0.15) is 0 Å². The largest absolute Gasteiger partial charge is 0.471 e. The first kappa shape index (κ1) is 10.9. The molecule has 0 amide bonds. The van der Waals surface area contributed by atoms with Gasteiger partial charge < -0.3 is 9.64 Å². The Hall–Kier alpha value is -1.96. The maximum atomic E-state index is 5.81. The highest BCUT2D eigenvalue weighted by Gasteiger charge is 2.30. The minimum atomic E-state index is 0.466. The van der Waals surface area contributed by atoms with Gasteiger partial charge >= 0.3 is 0 Å². The van der Waals surface area contributed by atoms with E-state index in [2.05, 4.69) is 47.4 Å². The van der Waals surface area contributed by atoms with E-state index in [9.17, 15) is 0 Å². The third-order valence-corrected chi connectivity index (χ3v) is 4.25. The second-order valence-electron chi connectivity index (χ2n) is 5.32. The lowest BCUT2D eigenvalue weighted by Gasteiger charge is -2.33. The molecule has 0 N–H and O–H groups in total. The average Bonchev–Trinajstić information content (AvgIpc) is 2.90. The maximum absolute atomic E-state index is 5.81. The number of rotatable bonds is 1. The van der Waals surface area contributed by atoms with E-state index in [0.29, 0.717) is 12.8 Å². The summed E-state index contributed by atoms with van der Waals surface area (Å²) in [7, 11) is 0. The zero-order valence-electron chi connectivity index (χ0n) is 10.9. The molecule has 96 valence electrons. The number of anilines is 1. The first-order valence-corrected chi connectivity index (χ1v) is 7.00. The Morgan fingerprint density at radius 3 is 2.84 bits per heavy atom. The van der Waals surface area contributed by atoms with Crippen molar-refractivity contribution >= 4 is 5.69 Å². The lowest BCUT2D eigenvalue weighted by atomic mass is 9.87. The molecule has 2 aliphatic rings. The molecule has 2 heteroatoms. The van der Waals surface area contributed by atoms with Crippen LogP contribution in [-0.2, 0) is 6.42 Å². The van der Waals surface area contributed by atoms with Crippen molar-refractivity contribution < 1.29 is 4.74 Å². The molecular formula is C17H17NO. The number of hydrogen-bond donors (Lipinski definition) is 0. The predicted molar refractivity (Wildman–Crippen MR) is 76.5 cm³/mol. The molecule has 4 rings (SSSR count). The second-order valence-corrected chi connectivity index (χ2v) is 5.32. The average molecular weight is 251 g/mol. The predicted octanol–water partition coefficient (Wildman–Crippen LogP) is 3.92. The lowest BCUT2D eigenvalue weighted by Crippen LogP contribution is -2.30. The quantitative estimate of drug-likeness (QED) is 0.761. The van der Waals surface area contributed by atoms with Gasteiger partial charge in [-0.25, -0.2) is 0 Å². The van der Waals surface area contributed by atoms with E-state index in [0.717, 1.165) is 5.75 Å². The highest BCUT2D eigenvalue weighted by molar-refractivity contribution is 5.62. The van der Waals surface area contributed by atoms with Gasteiger partial charge in [0.15, 0.2) is 6.73 Å². The third kappa shape index (κ3) is 1.71. The number of aryl methyl sites for hydroxylation is 1. The highest BCUT2D eigenvalue weighted by Crippen LogP contribution is 2.43. The summed E-state index contributed by atoms with van der Waals surface area (Å²) in [6, 6.07) is 17.7. The van der Waals surface area contributed by atoms with Crippen molar-refractivity contribution in [2.75, 3.05) is 11.6 Å². The van der Waals surface area contributed by atoms with Crippen molar-refractivity contribution in [3.05, 3.63) is 59.7 Å². The fourth-order valence-electron chi connectivity index (χ4n) is 3.34. The van der Waals surface area contributed by atoms with Crippen molar-refractivity contribution in [2.24, 2.45) is 0 Å². The number of fused-ring (bicyclic) bond motifs is 2. The molecular weight excluding hydrogens is 234 g/mol. The van der Waals surface area contributed by atoms with Crippen LogP contribution in [0.15, 0.2) is 48.5 Å². The van der Waals surface area contributed by atoms with Gasteiger partial charge in [0.1, 0.15) is 5.75 Å². The molecule has 0 bridgehead atoms. The Labute approximate surface area is 113 Å². The Balaban J connectivity index is 1.76. The summed E-state index contributed by atoms with van der Waals surface area (Å²) in [4.78, 5) is 2.41. The van der Waals surface area contributed by atoms with Crippen LogP contribution in [0.5, 0.6) is 5.75 Å². The van der Waals surface area contributed by atoms with Crippen LogP contribution in [0.2, 0.25) is 0 Å². The summed E-state index contributed by atoms with van der Waals surface area (Å²) in [6.45, 7) is 0.679. The summed E-state index contributed by atoms with van der Waals surface area (Å²) in [5, 5.41) is 0. The standard InChI is InChI=1S/C17H17NO/c1-2-8-14-13(6-1)7-5-10-15(14)18-12-19-17-11-4-3-9-16(17)18/h1-4,6,8-9,11,15H,5,7,10,12H2. The molecule has 2 aromatic rings. The molecule has 0 spiro atoms. The zero-order valence-corrected chi connectivity index (χ0v) is 10.9. The van der Waals surface area contributed by atoms with Crippen LogP contribution in [0.3, 0.4) is 0 Å². The molecule has 0 aromatic heterocycles. The van der Waals surface area contributed by atoms with Gasteiger partial charge in [0.25, 0.3) is 0 Å². The molecule has 2 aromatic carbocycles. The Bertz CT molecular complexity index is 608. The topological polar surface area (TPSA) is 12.5 Å². The van der Waals surface area contributed by atoms with Crippen molar-refractivity contribution in [3.8, 4) is 5.75 Å². The van der Waals surface area contributed by atoms with Gasteiger partial charge in [0.05, 0.1) is 11.7 Å². The SMILES string of the molecule is c1ccc2c(c1)CCCC2N1COc2ccccc21. The van der Waals surface area contributed by atoms with Gasteiger partial charge in [0, 0.05) is 0 Å². The van der Waals surface area contributed by atoms with Crippen LogP contribution < -0.4 is 9.64 Å². The molecule has 0 fully saturated rings. The van der Waals surface area contributed by atoms with Gasteiger partial charge in [-0.1, -0.05) is 36.4 Å². The molecule has 19 heavy (non-hydrogen) atoms. The first-order valence-electron chi connectivity index (χ1n) is 7.00. The van der Waals surface area contributed by atoms with E-state index >= 15 is 0 Å². The smallest absolute Gasteiger partial charge is 0.162 e. The van der Waals surface area contributed by atoms with Gasteiger partial charge in [0.2, 0.25) is 0 Å². The maximum Gasteiger partial charge on any atom is 0.162 e. The molecule has 0 saturated heterocycles. The monoisotopic (exact) mass is 251 g/mol. The molecule has 1 aliphatic heterocycles. The molecule has 0 saturated carbocycles. The minimum Gasteiger partial charge on any atom is -0.471 e. The van der Waals surface area contributed by atoms with Crippen molar-refractivity contribution in [1.82, 2.24) is 0 Å². The van der Waals surface area contributed by atoms with Crippen LogP contribution in [0.25, 0.3) is 0 Å². The van der Waals surface area contributed by atoms with Crippen molar-refractivity contribution in [1.29, 1.82) is 0 Å². The normalized spacial score (nSPS) is 20.6. The fraction of sp³-hybridized carbons (Fsp3) is 0.294. The van der Waals surface area contributed by atoms with Crippen LogP contribution in [0, 0.1) is 0 Å².